The van der Waals surface area contributed by atoms with Crippen LogP contribution >= 0.6 is 0 Å². The molecule has 6 heteroatoms. The fourth-order valence-electron chi connectivity index (χ4n) is 3.15. The number of hydrogen-bond donors (Lipinski definition) is 1. The van der Waals surface area contributed by atoms with Gasteiger partial charge in [-0.25, -0.2) is 0 Å². The van der Waals surface area contributed by atoms with E-state index in [0.29, 0.717) is 38.3 Å². The summed E-state index contributed by atoms with van der Waals surface area (Å²) >= 11 is 0. The van der Waals surface area contributed by atoms with E-state index in [1.54, 1.807) is 12.0 Å². The maximum absolute atomic E-state index is 13.0. The number of benzene rings is 2. The van der Waals surface area contributed by atoms with Gasteiger partial charge in [0.25, 0.3) is 0 Å². The molecule has 2 aromatic carbocycles. The van der Waals surface area contributed by atoms with Crippen molar-refractivity contribution in [3.63, 3.8) is 0 Å². The van der Waals surface area contributed by atoms with Gasteiger partial charge in [-0.15, -0.1) is 0 Å². The van der Waals surface area contributed by atoms with Gasteiger partial charge in [-0.05, 0) is 56.2 Å². The largest absolute Gasteiger partial charge is 0.497 e. The standard InChI is InChI=1S/C22H26N2O4/c1-3-24(17-7-5-4-6-8-17)21(26)22(13-14-22)20(25)23-15-16-28-19-11-9-18(27-2)10-12-19/h4-12H,3,13-16H2,1-2H3,(H,23,25). The number of nitrogens with one attached hydrogen (secondary N) is 1. The van der Waals surface area contributed by atoms with E-state index in [-0.39, 0.29) is 11.8 Å². The van der Waals surface area contributed by atoms with Crippen LogP contribution in [0, 0.1) is 5.41 Å². The minimum absolute atomic E-state index is 0.130. The van der Waals surface area contributed by atoms with Gasteiger partial charge in [-0.1, -0.05) is 18.2 Å². The topological polar surface area (TPSA) is 67.9 Å². The second-order valence-electron chi connectivity index (χ2n) is 6.75. The molecule has 6 nitrogen and oxygen atoms in total. The maximum Gasteiger partial charge on any atom is 0.242 e. The first-order valence-corrected chi connectivity index (χ1v) is 9.53. The average molecular weight is 382 g/mol. The molecule has 0 heterocycles. The zero-order chi connectivity index (χ0) is 20.0. The van der Waals surface area contributed by atoms with E-state index in [4.69, 9.17) is 9.47 Å². The van der Waals surface area contributed by atoms with E-state index in [1.165, 1.54) is 0 Å². The van der Waals surface area contributed by atoms with Gasteiger partial charge in [-0.3, -0.25) is 9.59 Å². The molecule has 3 rings (SSSR count). The van der Waals surface area contributed by atoms with E-state index in [9.17, 15) is 9.59 Å². The van der Waals surface area contributed by atoms with Gasteiger partial charge in [0.15, 0.2) is 0 Å². The molecule has 0 spiro atoms. The number of ether oxygens (including phenoxy) is 2. The predicted octanol–water partition coefficient (Wildman–Crippen LogP) is 3.02. The summed E-state index contributed by atoms with van der Waals surface area (Å²) < 4.78 is 10.7. The van der Waals surface area contributed by atoms with Crippen LogP contribution in [-0.4, -0.2) is 38.6 Å². The molecule has 1 N–H and O–H groups in total. The minimum atomic E-state index is -0.939. The van der Waals surface area contributed by atoms with Crippen LogP contribution in [0.15, 0.2) is 54.6 Å². The third-order valence-electron chi connectivity index (χ3n) is 4.94. The number of para-hydroxylation sites is 1. The Morgan fingerprint density at radius 3 is 2.25 bits per heavy atom. The van der Waals surface area contributed by atoms with Crippen molar-refractivity contribution < 1.29 is 19.1 Å². The van der Waals surface area contributed by atoms with E-state index in [1.807, 2.05) is 61.5 Å². The Balaban J connectivity index is 1.52. The van der Waals surface area contributed by atoms with Gasteiger partial charge >= 0.3 is 0 Å². The molecule has 2 amide bonds. The van der Waals surface area contributed by atoms with E-state index in [2.05, 4.69) is 5.32 Å². The van der Waals surface area contributed by atoms with Crippen molar-refractivity contribution in [2.45, 2.75) is 19.8 Å². The SMILES string of the molecule is CCN(C(=O)C1(C(=O)NCCOc2ccc(OC)cc2)CC1)c1ccccc1. The first kappa shape index (κ1) is 19.7. The quantitative estimate of drug-likeness (QED) is 0.535. The van der Waals surface area contributed by atoms with Gasteiger partial charge in [0.1, 0.15) is 23.5 Å². The molecule has 0 bridgehead atoms. The lowest BCUT2D eigenvalue weighted by atomic mass is 10.0. The highest BCUT2D eigenvalue weighted by Crippen LogP contribution is 2.48. The van der Waals surface area contributed by atoms with Crippen LogP contribution in [0.25, 0.3) is 0 Å². The van der Waals surface area contributed by atoms with Gasteiger partial charge in [0.05, 0.1) is 13.7 Å². The summed E-state index contributed by atoms with van der Waals surface area (Å²) in [7, 11) is 1.61. The molecule has 28 heavy (non-hydrogen) atoms. The molecular weight excluding hydrogens is 356 g/mol. The Morgan fingerprint density at radius 1 is 1.04 bits per heavy atom. The molecule has 0 radical (unpaired) electrons. The third-order valence-corrected chi connectivity index (χ3v) is 4.94. The van der Waals surface area contributed by atoms with Crippen molar-refractivity contribution in [1.29, 1.82) is 0 Å². The van der Waals surface area contributed by atoms with E-state index in [0.717, 1.165) is 11.4 Å². The van der Waals surface area contributed by atoms with E-state index >= 15 is 0 Å². The first-order chi connectivity index (χ1) is 13.6. The van der Waals surface area contributed by atoms with Crippen LogP contribution < -0.4 is 19.7 Å². The molecule has 1 fully saturated rings. The van der Waals surface area contributed by atoms with Gasteiger partial charge in [0.2, 0.25) is 11.8 Å². The summed E-state index contributed by atoms with van der Waals surface area (Å²) in [6.07, 6.45) is 1.17. The maximum atomic E-state index is 13.0. The van der Waals surface area contributed by atoms with Crippen LogP contribution in [0.3, 0.4) is 0 Å². The highest BCUT2D eigenvalue weighted by molar-refractivity contribution is 6.14. The average Bonchev–Trinajstić information content (AvgIpc) is 3.55. The third kappa shape index (κ3) is 4.27. The van der Waals surface area contributed by atoms with E-state index < -0.39 is 5.41 Å². The molecule has 0 saturated heterocycles. The van der Waals surface area contributed by atoms with Crippen molar-refractivity contribution in [3.8, 4) is 11.5 Å². The van der Waals surface area contributed by atoms with Crippen molar-refractivity contribution in [1.82, 2.24) is 5.32 Å². The van der Waals surface area contributed by atoms with Crippen molar-refractivity contribution in [3.05, 3.63) is 54.6 Å². The highest BCUT2D eigenvalue weighted by Gasteiger charge is 2.57. The fraction of sp³-hybridized carbons (Fsp3) is 0.364. The van der Waals surface area contributed by atoms with Crippen molar-refractivity contribution >= 4 is 17.5 Å². The van der Waals surface area contributed by atoms with Crippen LogP contribution in [0.5, 0.6) is 11.5 Å². The van der Waals surface area contributed by atoms with Crippen molar-refractivity contribution in [2.75, 3.05) is 31.7 Å². The lowest BCUT2D eigenvalue weighted by molar-refractivity contribution is -0.135. The summed E-state index contributed by atoms with van der Waals surface area (Å²) in [5.74, 6) is 1.11. The summed E-state index contributed by atoms with van der Waals surface area (Å²) in [6, 6.07) is 16.7. The van der Waals surface area contributed by atoms with Crippen LogP contribution in [0.2, 0.25) is 0 Å². The summed E-state index contributed by atoms with van der Waals surface area (Å²) in [4.78, 5) is 27.4. The van der Waals surface area contributed by atoms with Crippen LogP contribution in [0.4, 0.5) is 5.69 Å². The molecule has 0 aliphatic heterocycles. The zero-order valence-electron chi connectivity index (χ0n) is 16.3. The number of nitrogens with zero attached hydrogens (tertiary/aromatic N) is 1. The first-order valence-electron chi connectivity index (χ1n) is 9.53. The molecule has 2 aromatic rings. The Morgan fingerprint density at radius 2 is 1.68 bits per heavy atom. The minimum Gasteiger partial charge on any atom is -0.497 e. The lowest BCUT2D eigenvalue weighted by Crippen LogP contribution is -2.46. The number of carbonyl (C=O) groups excluding carboxylic acids is 2. The number of carbonyl (C=O) groups is 2. The smallest absolute Gasteiger partial charge is 0.242 e. The fourth-order valence-corrected chi connectivity index (χ4v) is 3.15. The number of anilines is 1. The Labute approximate surface area is 165 Å². The molecule has 1 aliphatic carbocycles. The van der Waals surface area contributed by atoms with Gasteiger partial charge in [-0.2, -0.15) is 0 Å². The second-order valence-corrected chi connectivity index (χ2v) is 6.75. The summed E-state index contributed by atoms with van der Waals surface area (Å²) in [5, 5.41) is 2.85. The molecular formula is C22H26N2O4. The highest BCUT2D eigenvalue weighted by atomic mass is 16.5. The Kier molecular flexibility index (Phi) is 6.19. The number of hydrogen-bond acceptors (Lipinski definition) is 4. The number of methoxy groups -OCH3 is 1. The normalized spacial score (nSPS) is 14.1. The lowest BCUT2D eigenvalue weighted by Gasteiger charge is -2.26. The van der Waals surface area contributed by atoms with Crippen LogP contribution in [0.1, 0.15) is 19.8 Å². The molecule has 0 aromatic heterocycles. The number of rotatable bonds is 9. The summed E-state index contributed by atoms with van der Waals surface area (Å²) in [5.41, 5.74) is -0.122. The Bertz CT molecular complexity index is 801. The zero-order valence-corrected chi connectivity index (χ0v) is 16.3. The molecule has 1 saturated carbocycles. The predicted molar refractivity (Wildman–Crippen MR) is 108 cm³/mol. The number of amides is 2. The second kappa shape index (κ2) is 8.78. The Hall–Kier alpha value is -3.02. The van der Waals surface area contributed by atoms with Gasteiger partial charge in [0, 0.05) is 12.2 Å². The monoisotopic (exact) mass is 382 g/mol. The molecule has 148 valence electrons. The molecule has 0 unspecified atom stereocenters. The van der Waals surface area contributed by atoms with Crippen LogP contribution in [-0.2, 0) is 9.59 Å². The summed E-state index contributed by atoms with van der Waals surface area (Å²) in [6.45, 7) is 3.12. The molecule has 1 aliphatic rings. The van der Waals surface area contributed by atoms with Gasteiger partial charge < -0.3 is 19.7 Å². The van der Waals surface area contributed by atoms with Crippen molar-refractivity contribution in [2.24, 2.45) is 5.41 Å². The molecule has 0 atom stereocenters.